The number of nitrogens with one attached hydrogen (secondary N) is 1. The molecule has 0 heterocycles. The highest BCUT2D eigenvalue weighted by atomic mass is 32.2. The zero-order chi connectivity index (χ0) is 17.3. The van der Waals surface area contributed by atoms with E-state index in [1.165, 1.54) is 6.92 Å². The number of benzene rings is 1. The highest BCUT2D eigenvalue weighted by molar-refractivity contribution is 7.92. The minimum absolute atomic E-state index is 0.0629. The summed E-state index contributed by atoms with van der Waals surface area (Å²) in [6.07, 6.45) is 0. The van der Waals surface area contributed by atoms with Crippen molar-refractivity contribution >= 4 is 21.6 Å². The molecule has 0 atom stereocenters. The molecule has 0 spiro atoms. The van der Waals surface area contributed by atoms with Crippen molar-refractivity contribution in [2.45, 2.75) is 6.92 Å². The highest BCUT2D eigenvalue weighted by Gasteiger charge is 2.20. The molecule has 8 heteroatoms. The summed E-state index contributed by atoms with van der Waals surface area (Å²) >= 11 is 0. The van der Waals surface area contributed by atoms with Gasteiger partial charge in [-0.2, -0.15) is 0 Å². The molecule has 1 rings (SSSR count). The Morgan fingerprint density at radius 1 is 1.13 bits per heavy atom. The maximum absolute atomic E-state index is 12.7. The van der Waals surface area contributed by atoms with Gasteiger partial charge in [-0.15, -0.1) is 0 Å². The third-order valence-electron chi connectivity index (χ3n) is 3.22. The van der Waals surface area contributed by atoms with Crippen LogP contribution < -0.4 is 4.72 Å². The second-order valence-electron chi connectivity index (χ2n) is 4.83. The molecule has 0 saturated carbocycles. The number of methoxy groups -OCH3 is 2. The lowest BCUT2D eigenvalue weighted by Gasteiger charge is -2.23. The molecule has 7 nitrogen and oxygen atoms in total. The molecule has 0 saturated heterocycles. The van der Waals surface area contributed by atoms with E-state index in [0.717, 1.165) is 0 Å². The fourth-order valence-electron chi connectivity index (χ4n) is 1.89. The number of rotatable bonds is 10. The van der Waals surface area contributed by atoms with E-state index in [2.05, 4.69) is 4.72 Å². The molecule has 1 N–H and O–H groups in total. The number of ether oxygens (including phenoxy) is 2. The molecule has 0 aliphatic rings. The van der Waals surface area contributed by atoms with Crippen LogP contribution in [0.5, 0.6) is 0 Å². The van der Waals surface area contributed by atoms with E-state index in [1.54, 1.807) is 43.4 Å². The lowest BCUT2D eigenvalue weighted by molar-refractivity contribution is 0.0628. The molecule has 1 aromatic carbocycles. The third-order valence-corrected chi connectivity index (χ3v) is 4.51. The standard InChI is InChI=1S/C15H24N2O5S/c1-4-23(19,20)16-14-8-6-5-7-13(14)15(18)17(9-11-21-2)10-12-22-3/h5-8,16H,4,9-12H2,1-3H3. The van der Waals surface area contributed by atoms with Gasteiger partial charge in [0.1, 0.15) is 0 Å². The van der Waals surface area contributed by atoms with Crippen LogP contribution in [0.15, 0.2) is 24.3 Å². The first-order valence-corrected chi connectivity index (χ1v) is 8.97. The number of para-hydroxylation sites is 1. The van der Waals surface area contributed by atoms with Crippen molar-refractivity contribution in [1.82, 2.24) is 4.90 Å². The van der Waals surface area contributed by atoms with Crippen LogP contribution in [0.1, 0.15) is 17.3 Å². The smallest absolute Gasteiger partial charge is 0.256 e. The molecular formula is C15H24N2O5S. The molecule has 0 aliphatic heterocycles. The van der Waals surface area contributed by atoms with Crippen molar-refractivity contribution in [3.05, 3.63) is 29.8 Å². The zero-order valence-electron chi connectivity index (χ0n) is 13.7. The van der Waals surface area contributed by atoms with Crippen LogP contribution in [-0.4, -0.2) is 65.5 Å². The summed E-state index contributed by atoms with van der Waals surface area (Å²) in [5.74, 6) is -0.333. The van der Waals surface area contributed by atoms with Crippen molar-refractivity contribution in [3.8, 4) is 0 Å². The number of hydrogen-bond acceptors (Lipinski definition) is 5. The molecule has 0 aliphatic carbocycles. The number of hydrogen-bond donors (Lipinski definition) is 1. The van der Waals surface area contributed by atoms with Gasteiger partial charge in [0.2, 0.25) is 10.0 Å². The van der Waals surface area contributed by atoms with Gasteiger partial charge >= 0.3 is 0 Å². The topological polar surface area (TPSA) is 84.9 Å². The Kier molecular flexibility index (Phi) is 8.01. The molecule has 130 valence electrons. The van der Waals surface area contributed by atoms with Crippen molar-refractivity contribution in [3.63, 3.8) is 0 Å². The number of sulfonamides is 1. The second-order valence-corrected chi connectivity index (χ2v) is 6.84. The van der Waals surface area contributed by atoms with Gasteiger partial charge in [-0.05, 0) is 19.1 Å². The summed E-state index contributed by atoms with van der Waals surface area (Å²) in [7, 11) is -0.343. The first-order chi connectivity index (χ1) is 10.9. The Morgan fingerprint density at radius 3 is 2.22 bits per heavy atom. The third kappa shape index (κ3) is 6.17. The van der Waals surface area contributed by atoms with Gasteiger partial charge in [0, 0.05) is 27.3 Å². The van der Waals surface area contributed by atoms with E-state index in [4.69, 9.17) is 9.47 Å². The number of nitrogens with zero attached hydrogens (tertiary/aromatic N) is 1. The van der Waals surface area contributed by atoms with Gasteiger partial charge in [0.05, 0.1) is 30.2 Å². The summed E-state index contributed by atoms with van der Waals surface area (Å²) in [6.45, 7) is 3.11. The Hall–Kier alpha value is -1.64. The van der Waals surface area contributed by atoms with Crippen molar-refractivity contribution < 1.29 is 22.7 Å². The SMILES string of the molecule is CCS(=O)(=O)Nc1ccccc1C(=O)N(CCOC)CCOC. The predicted octanol–water partition coefficient (Wildman–Crippen LogP) is 1.18. The van der Waals surface area contributed by atoms with Crippen molar-refractivity contribution in [2.24, 2.45) is 0 Å². The van der Waals surface area contributed by atoms with E-state index >= 15 is 0 Å². The average Bonchev–Trinajstić information content (AvgIpc) is 2.54. The lowest BCUT2D eigenvalue weighted by Crippen LogP contribution is -2.37. The van der Waals surface area contributed by atoms with Crippen LogP contribution in [0.3, 0.4) is 0 Å². The van der Waals surface area contributed by atoms with Crippen LogP contribution in [-0.2, 0) is 19.5 Å². The molecule has 1 aromatic rings. The Labute approximate surface area is 137 Å². The Balaban J connectivity index is 3.04. The summed E-state index contributed by atoms with van der Waals surface area (Å²) in [4.78, 5) is 14.3. The van der Waals surface area contributed by atoms with E-state index in [0.29, 0.717) is 31.9 Å². The minimum Gasteiger partial charge on any atom is -0.383 e. The van der Waals surface area contributed by atoms with Crippen LogP contribution in [0, 0.1) is 0 Å². The number of anilines is 1. The van der Waals surface area contributed by atoms with Gasteiger partial charge in [-0.25, -0.2) is 8.42 Å². The van der Waals surface area contributed by atoms with Crippen LogP contribution in [0.2, 0.25) is 0 Å². The number of carbonyl (C=O) groups is 1. The maximum atomic E-state index is 12.7. The summed E-state index contributed by atoms with van der Waals surface area (Å²) in [5, 5.41) is 0. The van der Waals surface area contributed by atoms with Gasteiger partial charge in [-0.1, -0.05) is 12.1 Å². The molecule has 1 amide bonds. The Morgan fingerprint density at radius 2 is 1.70 bits per heavy atom. The normalized spacial score (nSPS) is 11.3. The summed E-state index contributed by atoms with van der Waals surface area (Å²) in [6, 6.07) is 6.55. The molecular weight excluding hydrogens is 320 g/mol. The first-order valence-electron chi connectivity index (χ1n) is 7.31. The van der Waals surface area contributed by atoms with E-state index in [-0.39, 0.29) is 17.3 Å². The fraction of sp³-hybridized carbons (Fsp3) is 0.533. The van der Waals surface area contributed by atoms with Crippen LogP contribution in [0.25, 0.3) is 0 Å². The molecule has 0 bridgehead atoms. The maximum Gasteiger partial charge on any atom is 0.256 e. The molecule has 0 aromatic heterocycles. The zero-order valence-corrected chi connectivity index (χ0v) is 14.6. The van der Waals surface area contributed by atoms with Crippen molar-refractivity contribution in [1.29, 1.82) is 0 Å². The lowest BCUT2D eigenvalue weighted by atomic mass is 10.1. The van der Waals surface area contributed by atoms with Gasteiger partial charge in [-0.3, -0.25) is 9.52 Å². The van der Waals surface area contributed by atoms with Crippen LogP contribution in [0.4, 0.5) is 5.69 Å². The molecule has 0 radical (unpaired) electrons. The monoisotopic (exact) mass is 344 g/mol. The quantitative estimate of drug-likeness (QED) is 0.689. The van der Waals surface area contributed by atoms with Gasteiger partial charge < -0.3 is 14.4 Å². The average molecular weight is 344 g/mol. The van der Waals surface area contributed by atoms with Crippen LogP contribution >= 0.6 is 0 Å². The van der Waals surface area contributed by atoms with E-state index < -0.39 is 10.0 Å². The molecule has 0 fully saturated rings. The second kappa shape index (κ2) is 9.49. The largest absolute Gasteiger partial charge is 0.383 e. The first kappa shape index (κ1) is 19.4. The Bertz CT molecular complexity index is 596. The summed E-state index contributed by atoms with van der Waals surface area (Å²) in [5.41, 5.74) is 0.580. The fourth-order valence-corrected chi connectivity index (χ4v) is 2.54. The number of amides is 1. The van der Waals surface area contributed by atoms with E-state index in [9.17, 15) is 13.2 Å². The van der Waals surface area contributed by atoms with Crippen molar-refractivity contribution in [2.75, 3.05) is 51.0 Å². The van der Waals surface area contributed by atoms with E-state index in [1.807, 2.05) is 0 Å². The number of carbonyl (C=O) groups excluding carboxylic acids is 1. The van der Waals surface area contributed by atoms with Gasteiger partial charge in [0.25, 0.3) is 5.91 Å². The van der Waals surface area contributed by atoms with Gasteiger partial charge in [0.15, 0.2) is 0 Å². The molecule has 23 heavy (non-hydrogen) atoms. The minimum atomic E-state index is -3.46. The molecule has 0 unspecified atom stereocenters. The predicted molar refractivity (Wildman–Crippen MR) is 89.2 cm³/mol. The summed E-state index contributed by atoms with van der Waals surface area (Å²) < 4.78 is 36.1. The highest BCUT2D eigenvalue weighted by Crippen LogP contribution is 2.19.